The maximum Gasteiger partial charge on any atom is 0.129 e. The van der Waals surface area contributed by atoms with Gasteiger partial charge in [0.15, 0.2) is 0 Å². The van der Waals surface area contributed by atoms with E-state index in [9.17, 15) is 0 Å². The van der Waals surface area contributed by atoms with E-state index in [-0.39, 0.29) is 0 Å². The zero-order chi connectivity index (χ0) is 9.97. The van der Waals surface area contributed by atoms with Gasteiger partial charge in [-0.2, -0.15) is 11.8 Å². The quantitative estimate of drug-likeness (QED) is 0.788. The average Bonchev–Trinajstić information content (AvgIpc) is 2.56. The molecule has 1 aromatic heterocycles. The van der Waals surface area contributed by atoms with E-state index < -0.39 is 0 Å². The molecule has 1 aromatic rings. The second-order valence-corrected chi connectivity index (χ2v) is 5.10. The number of aromatic nitrogens is 1. The number of hydrogen-bond acceptors (Lipinski definition) is 3. The molecule has 4 heteroatoms. The minimum Gasteiger partial charge on any atom is -0.380 e. The van der Waals surface area contributed by atoms with E-state index in [1.165, 1.54) is 11.5 Å². The highest BCUT2D eigenvalue weighted by molar-refractivity contribution is 7.99. The highest BCUT2D eigenvalue weighted by atomic mass is 35.5. The molecule has 2 atom stereocenters. The van der Waals surface area contributed by atoms with Crippen molar-refractivity contribution in [3.63, 3.8) is 0 Å². The number of nitrogens with zero attached hydrogens (tertiary/aromatic N) is 1. The molecule has 0 aromatic carbocycles. The Balaban J connectivity index is 2.00. The van der Waals surface area contributed by atoms with Gasteiger partial charge in [-0.1, -0.05) is 18.5 Å². The van der Waals surface area contributed by atoms with Crippen LogP contribution in [0.25, 0.3) is 0 Å². The zero-order valence-corrected chi connectivity index (χ0v) is 9.61. The second kappa shape index (κ2) is 4.41. The van der Waals surface area contributed by atoms with Crippen molar-refractivity contribution in [3.05, 3.63) is 23.5 Å². The Hall–Kier alpha value is -0.410. The van der Waals surface area contributed by atoms with Crippen LogP contribution in [-0.2, 0) is 0 Å². The molecule has 0 spiro atoms. The van der Waals surface area contributed by atoms with Crippen LogP contribution in [0.2, 0.25) is 5.15 Å². The summed E-state index contributed by atoms with van der Waals surface area (Å²) in [6, 6.07) is 4.37. The molecule has 2 unspecified atom stereocenters. The third kappa shape index (κ3) is 2.34. The Morgan fingerprint density at radius 1 is 1.50 bits per heavy atom. The summed E-state index contributed by atoms with van der Waals surface area (Å²) in [5.74, 6) is 3.17. The van der Waals surface area contributed by atoms with E-state index >= 15 is 0 Å². The SMILES string of the molecule is CC1CSCC1Nc1ccc(Cl)nc1. The molecule has 1 aliphatic rings. The Bertz CT molecular complexity index is 301. The minimum atomic E-state index is 0.546. The molecule has 14 heavy (non-hydrogen) atoms. The van der Waals surface area contributed by atoms with Gasteiger partial charge in [0, 0.05) is 11.8 Å². The van der Waals surface area contributed by atoms with Crippen molar-refractivity contribution in [2.75, 3.05) is 16.8 Å². The third-order valence-electron chi connectivity index (χ3n) is 2.44. The molecule has 0 saturated carbocycles. The molecule has 1 fully saturated rings. The van der Waals surface area contributed by atoms with Gasteiger partial charge in [-0.25, -0.2) is 4.98 Å². The fourth-order valence-corrected chi connectivity index (χ4v) is 3.04. The van der Waals surface area contributed by atoms with Crippen LogP contribution >= 0.6 is 23.4 Å². The molecule has 0 bridgehead atoms. The van der Waals surface area contributed by atoms with Gasteiger partial charge < -0.3 is 5.32 Å². The van der Waals surface area contributed by atoms with Crippen LogP contribution in [0.3, 0.4) is 0 Å². The molecule has 2 heterocycles. The van der Waals surface area contributed by atoms with Crippen LogP contribution in [0.5, 0.6) is 0 Å². The Morgan fingerprint density at radius 3 is 2.93 bits per heavy atom. The summed E-state index contributed by atoms with van der Waals surface area (Å²) >= 11 is 7.72. The summed E-state index contributed by atoms with van der Waals surface area (Å²) in [7, 11) is 0. The van der Waals surface area contributed by atoms with Crippen molar-refractivity contribution in [2.45, 2.75) is 13.0 Å². The molecular weight excluding hydrogens is 216 g/mol. The molecule has 1 aliphatic heterocycles. The smallest absolute Gasteiger partial charge is 0.129 e. The van der Waals surface area contributed by atoms with E-state index in [2.05, 4.69) is 17.2 Å². The number of hydrogen-bond donors (Lipinski definition) is 1. The first-order valence-corrected chi connectivity index (χ1v) is 6.25. The first-order chi connectivity index (χ1) is 6.75. The average molecular weight is 229 g/mol. The van der Waals surface area contributed by atoms with Crippen LogP contribution in [-0.4, -0.2) is 22.5 Å². The highest BCUT2D eigenvalue weighted by Gasteiger charge is 2.23. The largest absolute Gasteiger partial charge is 0.380 e. The van der Waals surface area contributed by atoms with Crippen LogP contribution in [0.1, 0.15) is 6.92 Å². The fraction of sp³-hybridized carbons (Fsp3) is 0.500. The maximum atomic E-state index is 5.71. The first kappa shape index (κ1) is 10.1. The lowest BCUT2D eigenvalue weighted by Crippen LogP contribution is -2.25. The van der Waals surface area contributed by atoms with Crippen molar-refractivity contribution in [1.29, 1.82) is 0 Å². The van der Waals surface area contributed by atoms with Crippen molar-refractivity contribution in [1.82, 2.24) is 4.98 Å². The van der Waals surface area contributed by atoms with Gasteiger partial charge in [0.1, 0.15) is 5.15 Å². The van der Waals surface area contributed by atoms with E-state index in [4.69, 9.17) is 11.6 Å². The number of nitrogens with one attached hydrogen (secondary N) is 1. The van der Waals surface area contributed by atoms with E-state index in [0.29, 0.717) is 11.2 Å². The van der Waals surface area contributed by atoms with Gasteiger partial charge in [0.05, 0.1) is 11.9 Å². The van der Waals surface area contributed by atoms with Crippen LogP contribution < -0.4 is 5.32 Å². The van der Waals surface area contributed by atoms with Crippen molar-refractivity contribution in [2.24, 2.45) is 5.92 Å². The van der Waals surface area contributed by atoms with Crippen LogP contribution in [0.15, 0.2) is 18.3 Å². The number of thioether (sulfide) groups is 1. The number of rotatable bonds is 2. The zero-order valence-electron chi connectivity index (χ0n) is 8.03. The van der Waals surface area contributed by atoms with Gasteiger partial charge in [-0.3, -0.25) is 0 Å². The topological polar surface area (TPSA) is 24.9 Å². The van der Waals surface area contributed by atoms with E-state index in [1.54, 1.807) is 6.20 Å². The predicted octanol–water partition coefficient (Wildman–Crippen LogP) is 2.90. The molecule has 2 nitrogen and oxygen atoms in total. The lowest BCUT2D eigenvalue weighted by molar-refractivity contribution is 0.599. The molecule has 0 radical (unpaired) electrons. The van der Waals surface area contributed by atoms with Crippen LogP contribution in [0, 0.1) is 5.92 Å². The summed E-state index contributed by atoms with van der Waals surface area (Å²) in [5, 5.41) is 4.02. The summed E-state index contributed by atoms with van der Waals surface area (Å²) in [5.41, 5.74) is 1.06. The van der Waals surface area contributed by atoms with E-state index in [0.717, 1.165) is 11.6 Å². The molecule has 76 valence electrons. The Labute approximate surface area is 93.4 Å². The molecule has 0 amide bonds. The van der Waals surface area contributed by atoms with Gasteiger partial charge >= 0.3 is 0 Å². The second-order valence-electron chi connectivity index (χ2n) is 3.64. The van der Waals surface area contributed by atoms with Crippen molar-refractivity contribution >= 4 is 29.1 Å². The summed E-state index contributed by atoms with van der Waals surface area (Å²) in [4.78, 5) is 4.04. The highest BCUT2D eigenvalue weighted by Crippen LogP contribution is 2.26. The molecule has 2 rings (SSSR count). The van der Waals surface area contributed by atoms with Gasteiger partial charge in [0.25, 0.3) is 0 Å². The summed E-state index contributed by atoms with van der Waals surface area (Å²) < 4.78 is 0. The van der Waals surface area contributed by atoms with Crippen molar-refractivity contribution < 1.29 is 0 Å². The lowest BCUT2D eigenvalue weighted by Gasteiger charge is -2.17. The van der Waals surface area contributed by atoms with Gasteiger partial charge in [0.2, 0.25) is 0 Å². The number of anilines is 1. The molecule has 0 aliphatic carbocycles. The third-order valence-corrected chi connectivity index (χ3v) is 4.02. The Morgan fingerprint density at radius 2 is 2.36 bits per heavy atom. The summed E-state index contributed by atoms with van der Waals surface area (Å²) in [6.07, 6.45) is 1.79. The van der Waals surface area contributed by atoms with Crippen LogP contribution in [0.4, 0.5) is 5.69 Å². The number of pyridine rings is 1. The number of halogens is 1. The fourth-order valence-electron chi connectivity index (χ4n) is 1.52. The first-order valence-electron chi connectivity index (χ1n) is 4.71. The monoisotopic (exact) mass is 228 g/mol. The predicted molar refractivity (Wildman–Crippen MR) is 63.1 cm³/mol. The summed E-state index contributed by atoms with van der Waals surface area (Å²) in [6.45, 7) is 2.28. The molecule has 1 saturated heterocycles. The Kier molecular flexibility index (Phi) is 3.19. The van der Waals surface area contributed by atoms with Crippen molar-refractivity contribution in [3.8, 4) is 0 Å². The lowest BCUT2D eigenvalue weighted by atomic mass is 10.1. The normalized spacial score (nSPS) is 26.4. The molecular formula is C10H13ClN2S. The minimum absolute atomic E-state index is 0.546. The van der Waals surface area contributed by atoms with Gasteiger partial charge in [-0.15, -0.1) is 0 Å². The maximum absolute atomic E-state index is 5.71. The van der Waals surface area contributed by atoms with Gasteiger partial charge in [-0.05, 0) is 23.8 Å². The molecule has 1 N–H and O–H groups in total. The standard InChI is InChI=1S/C10H13ClN2S/c1-7-5-14-6-9(7)13-8-2-3-10(11)12-4-8/h2-4,7,9,13H,5-6H2,1H3. The van der Waals surface area contributed by atoms with E-state index in [1.807, 2.05) is 23.9 Å².